The molecule has 11 nitrogen and oxygen atoms in total. The van der Waals surface area contributed by atoms with Gasteiger partial charge in [0, 0.05) is 37.8 Å². The molecule has 52 heavy (non-hydrogen) atoms. The molecule has 1 saturated carbocycles. The highest BCUT2D eigenvalue weighted by Crippen LogP contribution is 2.37. The van der Waals surface area contributed by atoms with Gasteiger partial charge in [0.05, 0.1) is 24.4 Å². The summed E-state index contributed by atoms with van der Waals surface area (Å²) >= 11 is 0. The van der Waals surface area contributed by atoms with Crippen LogP contribution >= 0.6 is 0 Å². The van der Waals surface area contributed by atoms with E-state index in [1.54, 1.807) is 21.0 Å². The summed E-state index contributed by atoms with van der Waals surface area (Å²) in [6, 6.07) is -1.07. The average Bonchev–Trinajstić information content (AvgIpc) is 3.12. The van der Waals surface area contributed by atoms with E-state index in [0.717, 1.165) is 18.4 Å². The minimum absolute atomic E-state index is 0.0237. The van der Waals surface area contributed by atoms with Crippen LogP contribution in [0.15, 0.2) is 23.3 Å². The summed E-state index contributed by atoms with van der Waals surface area (Å²) in [7, 11) is 1.57. The first kappa shape index (κ1) is 42.3. The molecule has 3 heterocycles. The number of aliphatic hydroxyl groups is 3. The molecule has 0 radical (unpaired) electrons. The molecule has 2 saturated heterocycles. The van der Waals surface area contributed by atoms with Gasteiger partial charge in [-0.25, -0.2) is 4.79 Å². The molecule has 3 fully saturated rings. The molecule has 0 aromatic heterocycles. The van der Waals surface area contributed by atoms with Crippen molar-refractivity contribution in [2.45, 2.75) is 167 Å². The Morgan fingerprint density at radius 1 is 0.981 bits per heavy atom. The Balaban J connectivity index is 1.71. The zero-order valence-corrected chi connectivity index (χ0v) is 32.6. The smallest absolute Gasteiger partial charge is 0.329 e. The van der Waals surface area contributed by atoms with Crippen LogP contribution in [-0.4, -0.2) is 99.7 Å². The van der Waals surface area contributed by atoms with Crippen LogP contribution in [0.2, 0.25) is 0 Å². The van der Waals surface area contributed by atoms with Crippen molar-refractivity contribution in [1.29, 1.82) is 0 Å². The third-order valence-electron chi connectivity index (χ3n) is 12.3. The Hall–Kier alpha value is -2.44. The lowest BCUT2D eigenvalue weighted by Crippen LogP contribution is -2.60. The van der Waals surface area contributed by atoms with Crippen LogP contribution < -0.4 is 0 Å². The number of aliphatic hydroxyl groups excluding tert-OH is 2. The van der Waals surface area contributed by atoms with E-state index in [0.29, 0.717) is 63.4 Å². The van der Waals surface area contributed by atoms with E-state index in [9.17, 15) is 34.5 Å². The number of methoxy groups -OCH3 is 1. The second kappa shape index (κ2) is 18.7. The summed E-state index contributed by atoms with van der Waals surface area (Å²) < 4.78 is 17.8. The lowest BCUT2D eigenvalue weighted by atomic mass is 9.81. The maximum atomic E-state index is 14.1. The van der Waals surface area contributed by atoms with Crippen LogP contribution in [0.5, 0.6) is 0 Å². The van der Waals surface area contributed by atoms with Gasteiger partial charge < -0.3 is 34.4 Å². The molecule has 7 unspecified atom stereocenters. The van der Waals surface area contributed by atoms with Crippen molar-refractivity contribution in [3.05, 3.63) is 23.3 Å². The van der Waals surface area contributed by atoms with E-state index < -0.39 is 65.7 Å². The van der Waals surface area contributed by atoms with E-state index >= 15 is 0 Å². The van der Waals surface area contributed by atoms with Crippen molar-refractivity contribution in [1.82, 2.24) is 4.90 Å². The van der Waals surface area contributed by atoms with Gasteiger partial charge in [0.15, 0.2) is 0 Å². The molecular weight excluding hydrogens is 666 g/mol. The molecule has 3 aliphatic heterocycles. The third kappa shape index (κ3) is 10.2. The number of allylic oxidation sites excluding steroid dienone is 3. The fourth-order valence-corrected chi connectivity index (χ4v) is 8.80. The number of esters is 1. The Kier molecular flexibility index (Phi) is 15.2. The monoisotopic (exact) mass is 731 g/mol. The fraction of sp³-hybridized carbons (Fsp3) is 0.805. The number of amides is 1. The number of rotatable bonds is 4. The van der Waals surface area contributed by atoms with E-state index in [2.05, 4.69) is 6.92 Å². The Labute approximate surface area is 310 Å². The summed E-state index contributed by atoms with van der Waals surface area (Å²) in [5.74, 6) is -6.50. The molecule has 294 valence electrons. The highest BCUT2D eigenvalue weighted by molar-refractivity contribution is 6.39. The van der Waals surface area contributed by atoms with Gasteiger partial charge in [-0.05, 0) is 108 Å². The maximum absolute atomic E-state index is 14.1. The SMILES string of the molecule is CC[C@@H]1/C=C(\C)C[C@H](C)CCC2CC[C@@H](C)C(O)(O2)C(=O)C(=O)N2CCCCC2C(=O)OC(/C(C)=C/[C@@H]2CCC(O)C(OC)C2)[C@H](C)C(O)CC1=O. The van der Waals surface area contributed by atoms with Crippen LogP contribution in [0.3, 0.4) is 0 Å². The molecule has 4 aliphatic rings. The molecule has 0 aromatic carbocycles. The number of carbonyl (C=O) groups is 4. The van der Waals surface area contributed by atoms with Crippen LogP contribution in [0, 0.1) is 29.6 Å². The third-order valence-corrected chi connectivity index (χ3v) is 12.3. The van der Waals surface area contributed by atoms with Crippen LogP contribution in [0.1, 0.15) is 125 Å². The van der Waals surface area contributed by atoms with Gasteiger partial charge in [0.25, 0.3) is 11.7 Å². The molecular formula is C41H65NO10. The standard InChI is InChI=1S/C41H65NO10/c1-8-30-20-25(3)19-24(2)12-15-31-16-13-27(5)41(49,52-31)38(46)39(47)42-18-10-9-11-32(42)40(48)51-37(28(6)34(44)23-35(30)45)26(4)21-29-14-17-33(43)36(22-29)50-7/h20-21,24,27-34,36-37,43-44,49H,8-19,22-23H2,1-7H3/b25-20+,26-21+/t24-,27-,28-,29+,30-,31?,32?,33?,34?,36?,37?,41?/m1/s1. The maximum Gasteiger partial charge on any atom is 0.329 e. The first-order valence-corrected chi connectivity index (χ1v) is 19.8. The van der Waals surface area contributed by atoms with Gasteiger partial charge in [-0.1, -0.05) is 45.4 Å². The number of ether oxygens (including phenoxy) is 3. The van der Waals surface area contributed by atoms with Crippen LogP contribution in [0.4, 0.5) is 0 Å². The van der Waals surface area contributed by atoms with Crippen molar-refractivity contribution in [2.75, 3.05) is 13.7 Å². The van der Waals surface area contributed by atoms with Crippen molar-refractivity contribution < 1.29 is 48.7 Å². The van der Waals surface area contributed by atoms with Gasteiger partial charge in [-0.2, -0.15) is 0 Å². The molecule has 0 aromatic rings. The number of nitrogens with zero attached hydrogens (tertiary/aromatic N) is 1. The van der Waals surface area contributed by atoms with E-state index in [1.165, 1.54) is 4.90 Å². The summed E-state index contributed by atoms with van der Waals surface area (Å²) in [6.45, 7) is 11.6. The predicted molar refractivity (Wildman–Crippen MR) is 196 cm³/mol. The minimum Gasteiger partial charge on any atom is -0.456 e. The first-order chi connectivity index (χ1) is 24.6. The highest BCUT2D eigenvalue weighted by Gasteiger charge is 2.52. The molecule has 2 bridgehead atoms. The lowest BCUT2D eigenvalue weighted by molar-refractivity contribution is -0.264. The zero-order chi connectivity index (χ0) is 38.3. The summed E-state index contributed by atoms with van der Waals surface area (Å²) in [5.41, 5.74) is 1.76. The second-order valence-corrected chi connectivity index (χ2v) is 16.4. The van der Waals surface area contributed by atoms with Gasteiger partial charge in [0.2, 0.25) is 5.79 Å². The Bertz CT molecular complexity index is 1330. The normalized spacial score (nSPS) is 41.0. The minimum atomic E-state index is -2.30. The molecule has 3 N–H and O–H groups in total. The van der Waals surface area contributed by atoms with Crippen LogP contribution in [0.25, 0.3) is 0 Å². The van der Waals surface area contributed by atoms with Gasteiger partial charge >= 0.3 is 5.97 Å². The fourth-order valence-electron chi connectivity index (χ4n) is 8.80. The van der Waals surface area contributed by atoms with E-state index in [-0.39, 0.29) is 49.0 Å². The average molecular weight is 732 g/mol. The Morgan fingerprint density at radius 2 is 1.69 bits per heavy atom. The largest absolute Gasteiger partial charge is 0.456 e. The number of piperidine rings is 1. The highest BCUT2D eigenvalue weighted by atomic mass is 16.6. The van der Waals surface area contributed by atoms with Crippen molar-refractivity contribution in [2.24, 2.45) is 29.6 Å². The number of hydrogen-bond acceptors (Lipinski definition) is 10. The Morgan fingerprint density at radius 3 is 2.38 bits per heavy atom. The molecule has 11 heteroatoms. The second-order valence-electron chi connectivity index (χ2n) is 16.4. The summed E-state index contributed by atoms with van der Waals surface area (Å²) in [5, 5.41) is 33.6. The number of Topliss-reactive ketones (excluding diaryl/α,β-unsaturated/α-hetero) is 2. The molecule has 1 aliphatic carbocycles. The quantitative estimate of drug-likeness (QED) is 0.199. The van der Waals surface area contributed by atoms with Crippen molar-refractivity contribution in [3.8, 4) is 0 Å². The topological polar surface area (TPSA) is 160 Å². The van der Waals surface area contributed by atoms with Gasteiger partial charge in [-0.15, -0.1) is 0 Å². The van der Waals surface area contributed by atoms with Gasteiger partial charge in [-0.3, -0.25) is 14.4 Å². The summed E-state index contributed by atoms with van der Waals surface area (Å²) in [4.78, 5) is 56.9. The number of carbonyl (C=O) groups excluding carboxylic acids is 4. The molecule has 4 rings (SSSR count). The first-order valence-electron chi connectivity index (χ1n) is 19.8. The zero-order valence-electron chi connectivity index (χ0n) is 32.6. The predicted octanol–water partition coefficient (Wildman–Crippen LogP) is 5.22. The van der Waals surface area contributed by atoms with E-state index in [1.807, 2.05) is 32.9 Å². The number of ketones is 2. The molecule has 0 spiro atoms. The summed E-state index contributed by atoms with van der Waals surface area (Å²) in [6.07, 6.45) is 7.74. The van der Waals surface area contributed by atoms with Crippen LogP contribution in [-0.2, 0) is 33.4 Å². The molecule has 12 atom stereocenters. The molecule has 1 amide bonds. The van der Waals surface area contributed by atoms with Crippen molar-refractivity contribution in [3.63, 3.8) is 0 Å². The van der Waals surface area contributed by atoms with Gasteiger partial charge in [0.1, 0.15) is 17.9 Å². The van der Waals surface area contributed by atoms with E-state index in [4.69, 9.17) is 14.2 Å². The lowest BCUT2D eigenvalue weighted by Gasteiger charge is -2.42. The van der Waals surface area contributed by atoms with Crippen molar-refractivity contribution >= 4 is 23.4 Å². The number of fused-ring (bicyclic) bond motifs is 3. The number of cyclic esters (lactones) is 1. The number of hydrogen-bond donors (Lipinski definition) is 3.